The molecule has 1 amide bonds. The molecular formula is C34H30FN5O4. The molecule has 6 rings (SSSR count). The molecule has 10 heteroatoms. The van der Waals surface area contributed by atoms with Crippen LogP contribution in [0.4, 0.5) is 10.1 Å². The second-order valence-electron chi connectivity index (χ2n) is 10.5. The zero-order valence-corrected chi connectivity index (χ0v) is 24.4. The van der Waals surface area contributed by atoms with Crippen molar-refractivity contribution in [1.29, 1.82) is 0 Å². The predicted octanol–water partition coefficient (Wildman–Crippen LogP) is 6.68. The highest BCUT2D eigenvalue weighted by Gasteiger charge is 2.29. The molecule has 0 radical (unpaired) electrons. The molecule has 3 aromatic heterocycles. The average Bonchev–Trinajstić information content (AvgIpc) is 3.32. The topological polar surface area (TPSA) is 100 Å². The third-order valence-electron chi connectivity index (χ3n) is 7.83. The lowest BCUT2D eigenvalue weighted by molar-refractivity contribution is 0.102. The fourth-order valence-corrected chi connectivity index (χ4v) is 5.56. The van der Waals surface area contributed by atoms with Gasteiger partial charge >= 0.3 is 0 Å². The average molecular weight is 592 g/mol. The Kier molecular flexibility index (Phi) is 7.80. The Balaban J connectivity index is 1.31. The van der Waals surface area contributed by atoms with E-state index in [9.17, 15) is 9.59 Å². The van der Waals surface area contributed by atoms with Gasteiger partial charge in [0, 0.05) is 60.3 Å². The van der Waals surface area contributed by atoms with Crippen LogP contribution in [0.5, 0.6) is 17.2 Å². The number of anilines is 1. The Bertz CT molecular complexity index is 1980. The van der Waals surface area contributed by atoms with E-state index in [0.29, 0.717) is 33.7 Å². The molecule has 2 aromatic carbocycles. The third-order valence-corrected chi connectivity index (χ3v) is 7.83. The van der Waals surface area contributed by atoms with Crippen LogP contribution in [0.2, 0.25) is 0 Å². The van der Waals surface area contributed by atoms with E-state index in [4.69, 9.17) is 9.47 Å². The van der Waals surface area contributed by atoms with Gasteiger partial charge in [-0.3, -0.25) is 24.2 Å². The molecule has 0 bridgehead atoms. The summed E-state index contributed by atoms with van der Waals surface area (Å²) < 4.78 is 29.8. The van der Waals surface area contributed by atoms with Crippen LogP contribution in [-0.2, 0) is 7.05 Å². The number of carbonyl (C=O) groups is 1. The molecular weight excluding hydrogens is 561 g/mol. The Morgan fingerprint density at radius 2 is 1.86 bits per heavy atom. The number of nitrogens with one attached hydrogen (secondary N) is 1. The molecule has 1 aliphatic rings. The molecule has 9 nitrogen and oxygen atoms in total. The molecule has 0 aliphatic heterocycles. The number of benzene rings is 2. The Morgan fingerprint density at radius 1 is 1.05 bits per heavy atom. The number of fused-ring (bicyclic) bond motifs is 1. The van der Waals surface area contributed by atoms with E-state index in [0.717, 1.165) is 12.5 Å². The summed E-state index contributed by atoms with van der Waals surface area (Å²) in [5.74, 6) is -0.236. The number of amides is 1. The first-order valence-corrected chi connectivity index (χ1v) is 14.1. The summed E-state index contributed by atoms with van der Waals surface area (Å²) in [6.45, 7) is 1.96. The van der Waals surface area contributed by atoms with E-state index in [1.807, 2.05) is 19.1 Å². The smallest absolute Gasteiger partial charge is 0.280 e. The molecule has 1 N–H and O–H groups in total. The standard InChI is InChI=1S/C34H30FN5O4/c1-21(22-7-5-4-6-8-22)40-34(42)31(32(39(40)2)23-13-16-36-17-14-23)33(41)38-24-9-12-30(27(35)19-24)44-29-15-18-37-28-20-25(43-3)10-11-26(28)29/h4-7,9-22H,8H2,1-3H3,(H,38,41)/t21-,22?/m0/s1. The van der Waals surface area contributed by atoms with Crippen molar-refractivity contribution in [1.82, 2.24) is 19.3 Å². The van der Waals surface area contributed by atoms with Gasteiger partial charge in [0.05, 0.1) is 24.4 Å². The van der Waals surface area contributed by atoms with Crippen LogP contribution in [-0.4, -0.2) is 32.3 Å². The first-order valence-electron chi connectivity index (χ1n) is 14.1. The number of hydrogen-bond acceptors (Lipinski definition) is 6. The van der Waals surface area contributed by atoms with Crippen molar-refractivity contribution < 1.29 is 18.7 Å². The fraction of sp³-hybridized carbons (Fsp3) is 0.176. The maximum atomic E-state index is 15.3. The number of allylic oxidation sites excluding steroid dienone is 4. The van der Waals surface area contributed by atoms with Gasteiger partial charge in [-0.05, 0) is 55.8 Å². The molecule has 1 unspecified atom stereocenters. The van der Waals surface area contributed by atoms with E-state index in [1.54, 1.807) is 78.5 Å². The van der Waals surface area contributed by atoms with Gasteiger partial charge in [-0.1, -0.05) is 24.3 Å². The maximum absolute atomic E-state index is 15.3. The molecule has 0 saturated carbocycles. The number of aromatic nitrogens is 4. The molecule has 222 valence electrons. The molecule has 44 heavy (non-hydrogen) atoms. The van der Waals surface area contributed by atoms with Gasteiger partial charge in [-0.15, -0.1) is 0 Å². The van der Waals surface area contributed by atoms with Crippen LogP contribution in [0.1, 0.15) is 29.7 Å². The number of carbonyl (C=O) groups excluding carboxylic acids is 1. The minimum Gasteiger partial charge on any atom is -0.497 e. The normalized spacial score (nSPS) is 14.9. The number of nitrogens with zero attached hydrogens (tertiary/aromatic N) is 4. The highest BCUT2D eigenvalue weighted by molar-refractivity contribution is 6.08. The molecule has 0 fully saturated rings. The molecule has 2 atom stereocenters. The van der Waals surface area contributed by atoms with Crippen molar-refractivity contribution in [3.8, 4) is 28.5 Å². The monoisotopic (exact) mass is 591 g/mol. The summed E-state index contributed by atoms with van der Waals surface area (Å²) in [6, 6.07) is 14.3. The highest BCUT2D eigenvalue weighted by Crippen LogP contribution is 2.33. The summed E-state index contributed by atoms with van der Waals surface area (Å²) in [7, 11) is 3.33. The molecule has 3 heterocycles. The Labute approximate surface area is 252 Å². The number of ether oxygens (including phenoxy) is 2. The summed E-state index contributed by atoms with van der Waals surface area (Å²) in [6.07, 6.45) is 13.6. The first kappa shape index (κ1) is 28.6. The van der Waals surface area contributed by atoms with Gasteiger partial charge < -0.3 is 14.8 Å². The van der Waals surface area contributed by atoms with Gasteiger partial charge in [0.15, 0.2) is 11.6 Å². The SMILES string of the molecule is COc1ccc2c(Oc3ccc(NC(=O)c4c(-c5ccncc5)n(C)n([C@@H](C)C5C=CC=CC5)c4=O)cc3F)ccnc2c1. The molecule has 5 aromatic rings. The summed E-state index contributed by atoms with van der Waals surface area (Å²) in [4.78, 5) is 36.0. The van der Waals surface area contributed by atoms with Crippen molar-refractivity contribution in [3.05, 3.63) is 119 Å². The van der Waals surface area contributed by atoms with Gasteiger partial charge in [-0.2, -0.15) is 0 Å². The molecule has 0 saturated heterocycles. The highest BCUT2D eigenvalue weighted by atomic mass is 19.1. The minimum atomic E-state index is -0.688. The fourth-order valence-electron chi connectivity index (χ4n) is 5.56. The second kappa shape index (κ2) is 12.0. The Morgan fingerprint density at radius 3 is 2.59 bits per heavy atom. The number of methoxy groups -OCH3 is 1. The number of rotatable bonds is 8. The second-order valence-corrected chi connectivity index (χ2v) is 10.5. The zero-order valence-electron chi connectivity index (χ0n) is 24.4. The van der Waals surface area contributed by atoms with E-state index >= 15 is 4.39 Å². The number of pyridine rings is 2. The van der Waals surface area contributed by atoms with E-state index < -0.39 is 17.3 Å². The van der Waals surface area contributed by atoms with Crippen molar-refractivity contribution in [2.75, 3.05) is 12.4 Å². The van der Waals surface area contributed by atoms with Crippen molar-refractivity contribution in [3.63, 3.8) is 0 Å². The van der Waals surface area contributed by atoms with Crippen LogP contribution in [0.15, 0.2) is 102 Å². The lowest BCUT2D eigenvalue weighted by atomic mass is 9.94. The maximum Gasteiger partial charge on any atom is 0.280 e. The van der Waals surface area contributed by atoms with Gasteiger partial charge in [0.2, 0.25) is 0 Å². The quantitative estimate of drug-likeness (QED) is 0.216. The zero-order chi connectivity index (χ0) is 30.8. The van der Waals surface area contributed by atoms with Crippen molar-refractivity contribution >= 4 is 22.5 Å². The largest absolute Gasteiger partial charge is 0.497 e. The Hall–Kier alpha value is -5.51. The van der Waals surface area contributed by atoms with Crippen molar-refractivity contribution in [2.24, 2.45) is 13.0 Å². The number of hydrogen-bond donors (Lipinski definition) is 1. The third kappa shape index (κ3) is 5.37. The van der Waals surface area contributed by atoms with Crippen LogP contribution in [0.25, 0.3) is 22.2 Å². The minimum absolute atomic E-state index is 0.0331. The molecule has 1 aliphatic carbocycles. The van der Waals surface area contributed by atoms with Crippen LogP contribution in [0.3, 0.4) is 0 Å². The summed E-state index contributed by atoms with van der Waals surface area (Å²) in [5.41, 5.74) is 1.43. The predicted molar refractivity (Wildman–Crippen MR) is 167 cm³/mol. The first-order chi connectivity index (χ1) is 21.4. The lowest BCUT2D eigenvalue weighted by Gasteiger charge is -2.24. The van der Waals surface area contributed by atoms with Gasteiger partial charge in [0.25, 0.3) is 11.5 Å². The van der Waals surface area contributed by atoms with Crippen LogP contribution >= 0.6 is 0 Å². The van der Waals surface area contributed by atoms with Crippen LogP contribution < -0.4 is 20.3 Å². The van der Waals surface area contributed by atoms with Crippen LogP contribution in [0, 0.1) is 11.7 Å². The van der Waals surface area contributed by atoms with Gasteiger partial charge in [0.1, 0.15) is 17.1 Å². The van der Waals surface area contributed by atoms with E-state index in [1.165, 1.54) is 12.1 Å². The summed E-state index contributed by atoms with van der Waals surface area (Å²) in [5, 5.41) is 3.40. The van der Waals surface area contributed by atoms with E-state index in [-0.39, 0.29) is 29.0 Å². The van der Waals surface area contributed by atoms with Gasteiger partial charge in [-0.25, -0.2) is 9.07 Å². The van der Waals surface area contributed by atoms with Crippen molar-refractivity contribution in [2.45, 2.75) is 19.4 Å². The van der Waals surface area contributed by atoms with E-state index in [2.05, 4.69) is 27.4 Å². The lowest BCUT2D eigenvalue weighted by Crippen LogP contribution is -2.31. The summed E-state index contributed by atoms with van der Waals surface area (Å²) >= 11 is 0. The molecule has 0 spiro atoms. The number of halogens is 1.